The molecule has 84 valence electrons. The molecule has 1 aliphatic heterocycles. The summed E-state index contributed by atoms with van der Waals surface area (Å²) in [4.78, 5) is 24.7. The zero-order valence-electron chi connectivity index (χ0n) is 8.95. The summed E-state index contributed by atoms with van der Waals surface area (Å²) >= 11 is 0. The molecular formula is C11H18N2O2. The number of nitrogens with two attached hydrogens (primary N) is 1. The number of carbonyl (C=O) groups excluding carboxylic acids is 2. The second-order valence-corrected chi connectivity index (χ2v) is 4.59. The largest absolute Gasteiger partial charge is 0.368 e. The van der Waals surface area contributed by atoms with Gasteiger partial charge in [-0.1, -0.05) is 0 Å². The number of Topliss-reactive ketones (excluding diaryl/α,β-unsaturated/α-hetero) is 1. The van der Waals surface area contributed by atoms with Crippen LogP contribution in [0.15, 0.2) is 0 Å². The maximum atomic E-state index is 11.4. The summed E-state index contributed by atoms with van der Waals surface area (Å²) in [5.41, 5.74) is 5.36. The molecule has 0 spiro atoms. The molecular weight excluding hydrogens is 192 g/mol. The lowest BCUT2D eigenvalue weighted by Gasteiger charge is -2.33. The first-order valence-corrected chi connectivity index (χ1v) is 5.75. The third kappa shape index (κ3) is 2.20. The molecule has 1 saturated heterocycles. The normalized spacial score (nSPS) is 33.2. The third-order valence-electron chi connectivity index (χ3n) is 3.55. The molecule has 1 amide bonds. The number of carbonyl (C=O) groups is 2. The Balaban J connectivity index is 2.02. The van der Waals surface area contributed by atoms with Crippen molar-refractivity contribution >= 4 is 11.7 Å². The van der Waals surface area contributed by atoms with E-state index in [1.54, 1.807) is 0 Å². The van der Waals surface area contributed by atoms with Crippen molar-refractivity contribution in [2.24, 2.45) is 5.73 Å². The Bertz CT molecular complexity index is 278. The lowest BCUT2D eigenvalue weighted by Crippen LogP contribution is -2.47. The van der Waals surface area contributed by atoms with E-state index in [2.05, 4.69) is 4.90 Å². The molecule has 2 aliphatic rings. The molecule has 2 rings (SSSR count). The van der Waals surface area contributed by atoms with Crippen molar-refractivity contribution < 1.29 is 9.59 Å². The van der Waals surface area contributed by atoms with Crippen molar-refractivity contribution in [2.45, 2.75) is 50.6 Å². The SMILES string of the molecule is NC(=O)C1CCCN1C1CCCC(=O)C1. The quantitative estimate of drug-likeness (QED) is 0.719. The van der Waals surface area contributed by atoms with E-state index in [0.29, 0.717) is 18.6 Å². The fourth-order valence-corrected chi connectivity index (χ4v) is 2.82. The van der Waals surface area contributed by atoms with Crippen molar-refractivity contribution in [2.75, 3.05) is 6.54 Å². The van der Waals surface area contributed by atoms with Crippen LogP contribution in [0.3, 0.4) is 0 Å². The molecule has 0 aromatic carbocycles. The van der Waals surface area contributed by atoms with Crippen LogP contribution in [-0.2, 0) is 9.59 Å². The fourth-order valence-electron chi connectivity index (χ4n) is 2.82. The van der Waals surface area contributed by atoms with Gasteiger partial charge in [0, 0.05) is 18.9 Å². The number of rotatable bonds is 2. The van der Waals surface area contributed by atoms with Crippen molar-refractivity contribution in [1.29, 1.82) is 0 Å². The fraction of sp³-hybridized carbons (Fsp3) is 0.818. The first kappa shape index (κ1) is 10.6. The van der Waals surface area contributed by atoms with Crippen molar-refractivity contribution in [1.82, 2.24) is 4.90 Å². The average Bonchev–Trinajstić information content (AvgIpc) is 2.65. The zero-order chi connectivity index (χ0) is 10.8. The van der Waals surface area contributed by atoms with Gasteiger partial charge in [-0.15, -0.1) is 0 Å². The maximum Gasteiger partial charge on any atom is 0.234 e. The molecule has 1 aliphatic carbocycles. The van der Waals surface area contributed by atoms with Crippen molar-refractivity contribution in [3.63, 3.8) is 0 Å². The minimum absolute atomic E-state index is 0.124. The van der Waals surface area contributed by atoms with E-state index in [4.69, 9.17) is 5.73 Å². The molecule has 2 unspecified atom stereocenters. The Hall–Kier alpha value is -0.900. The van der Waals surface area contributed by atoms with Gasteiger partial charge in [-0.25, -0.2) is 0 Å². The summed E-state index contributed by atoms with van der Waals surface area (Å²) in [6, 6.07) is 0.146. The van der Waals surface area contributed by atoms with Crippen LogP contribution in [0.5, 0.6) is 0 Å². The molecule has 0 bridgehead atoms. The van der Waals surface area contributed by atoms with Crippen LogP contribution in [0.4, 0.5) is 0 Å². The Morgan fingerprint density at radius 3 is 2.80 bits per heavy atom. The summed E-state index contributed by atoms with van der Waals surface area (Å²) < 4.78 is 0. The third-order valence-corrected chi connectivity index (χ3v) is 3.55. The number of primary amides is 1. The van der Waals surface area contributed by atoms with Crippen molar-refractivity contribution in [3.8, 4) is 0 Å². The van der Waals surface area contributed by atoms with Gasteiger partial charge in [-0.2, -0.15) is 0 Å². The van der Waals surface area contributed by atoms with Crippen LogP contribution in [-0.4, -0.2) is 35.2 Å². The number of hydrogen-bond acceptors (Lipinski definition) is 3. The van der Waals surface area contributed by atoms with Gasteiger partial charge in [0.15, 0.2) is 0 Å². The summed E-state index contributed by atoms with van der Waals surface area (Å²) in [5.74, 6) is 0.104. The van der Waals surface area contributed by atoms with Gasteiger partial charge in [-0.3, -0.25) is 14.5 Å². The number of likely N-dealkylation sites (tertiary alicyclic amines) is 1. The van der Waals surface area contributed by atoms with Gasteiger partial charge in [0.1, 0.15) is 5.78 Å². The predicted octanol–water partition coefficient (Wildman–Crippen LogP) is 0.448. The minimum Gasteiger partial charge on any atom is -0.368 e. The van der Waals surface area contributed by atoms with E-state index >= 15 is 0 Å². The van der Waals surface area contributed by atoms with E-state index < -0.39 is 0 Å². The lowest BCUT2D eigenvalue weighted by atomic mass is 9.92. The van der Waals surface area contributed by atoms with Crippen LogP contribution in [0, 0.1) is 0 Å². The highest BCUT2D eigenvalue weighted by Gasteiger charge is 2.35. The van der Waals surface area contributed by atoms with Crippen LogP contribution in [0.1, 0.15) is 38.5 Å². The molecule has 0 aromatic rings. The first-order chi connectivity index (χ1) is 7.18. The molecule has 15 heavy (non-hydrogen) atoms. The summed E-state index contributed by atoms with van der Waals surface area (Å²) in [6.45, 7) is 0.922. The predicted molar refractivity (Wildman–Crippen MR) is 56.2 cm³/mol. The smallest absolute Gasteiger partial charge is 0.234 e. The number of nitrogens with zero attached hydrogens (tertiary/aromatic N) is 1. The summed E-state index contributed by atoms with van der Waals surface area (Å²) in [7, 11) is 0. The lowest BCUT2D eigenvalue weighted by molar-refractivity contribution is -0.126. The highest BCUT2D eigenvalue weighted by molar-refractivity contribution is 5.81. The summed E-state index contributed by atoms with van der Waals surface area (Å²) in [5, 5.41) is 0. The molecule has 1 saturated carbocycles. The second kappa shape index (κ2) is 4.31. The van der Waals surface area contributed by atoms with E-state index in [-0.39, 0.29) is 18.0 Å². The molecule has 1 heterocycles. The Morgan fingerprint density at radius 1 is 1.33 bits per heavy atom. The van der Waals surface area contributed by atoms with Gasteiger partial charge < -0.3 is 5.73 Å². The highest BCUT2D eigenvalue weighted by Crippen LogP contribution is 2.27. The maximum absolute atomic E-state index is 11.4. The molecule has 4 nitrogen and oxygen atoms in total. The van der Waals surface area contributed by atoms with E-state index in [1.807, 2.05) is 0 Å². The minimum atomic E-state index is -0.231. The van der Waals surface area contributed by atoms with Gasteiger partial charge in [0.2, 0.25) is 5.91 Å². The van der Waals surface area contributed by atoms with Gasteiger partial charge >= 0.3 is 0 Å². The monoisotopic (exact) mass is 210 g/mol. The topological polar surface area (TPSA) is 63.4 Å². The van der Waals surface area contributed by atoms with Gasteiger partial charge in [-0.05, 0) is 32.2 Å². The Labute approximate surface area is 89.8 Å². The number of hydrogen-bond donors (Lipinski definition) is 1. The second-order valence-electron chi connectivity index (χ2n) is 4.59. The van der Waals surface area contributed by atoms with Crippen LogP contribution >= 0.6 is 0 Å². The van der Waals surface area contributed by atoms with Crippen molar-refractivity contribution in [3.05, 3.63) is 0 Å². The van der Waals surface area contributed by atoms with Gasteiger partial charge in [0.05, 0.1) is 6.04 Å². The molecule has 0 radical (unpaired) electrons. The Kier molecular flexibility index (Phi) is 3.05. The molecule has 2 atom stereocenters. The average molecular weight is 210 g/mol. The van der Waals surface area contributed by atoms with Crippen LogP contribution < -0.4 is 5.73 Å². The highest BCUT2D eigenvalue weighted by atomic mass is 16.1. The van der Waals surface area contributed by atoms with E-state index in [9.17, 15) is 9.59 Å². The standard InChI is InChI=1S/C11H18N2O2/c12-11(15)10-5-2-6-13(10)8-3-1-4-9(14)7-8/h8,10H,1-7H2,(H2,12,15). The number of ketones is 1. The first-order valence-electron chi connectivity index (χ1n) is 5.75. The molecule has 2 fully saturated rings. The van der Waals surface area contributed by atoms with E-state index in [0.717, 1.165) is 32.2 Å². The molecule has 2 N–H and O–H groups in total. The van der Waals surface area contributed by atoms with Crippen LogP contribution in [0.2, 0.25) is 0 Å². The van der Waals surface area contributed by atoms with Crippen LogP contribution in [0.25, 0.3) is 0 Å². The Morgan fingerprint density at radius 2 is 2.13 bits per heavy atom. The summed E-state index contributed by atoms with van der Waals surface area (Å²) in [6.07, 6.45) is 5.22. The van der Waals surface area contributed by atoms with E-state index in [1.165, 1.54) is 0 Å². The zero-order valence-corrected chi connectivity index (χ0v) is 8.95. The molecule has 4 heteroatoms. The molecule has 0 aromatic heterocycles. The number of amides is 1. The van der Waals surface area contributed by atoms with Gasteiger partial charge in [0.25, 0.3) is 0 Å².